The number of aliphatic hydroxyl groups excluding tert-OH is 1. The second-order valence-corrected chi connectivity index (χ2v) is 6.69. The molecule has 1 fully saturated rings. The summed E-state index contributed by atoms with van der Waals surface area (Å²) >= 11 is 0. The van der Waals surface area contributed by atoms with Crippen LogP contribution >= 0.6 is 0 Å². The minimum Gasteiger partial charge on any atom is -0.441 e. The fourth-order valence-electron chi connectivity index (χ4n) is 3.56. The van der Waals surface area contributed by atoms with Crippen molar-refractivity contribution in [3.8, 4) is 0 Å². The molecule has 0 bridgehead atoms. The van der Waals surface area contributed by atoms with Gasteiger partial charge in [-0.1, -0.05) is 38.8 Å². The van der Waals surface area contributed by atoms with Gasteiger partial charge in [-0.3, -0.25) is 0 Å². The number of hydrogen-bond acceptors (Lipinski definition) is 3. The lowest BCUT2D eigenvalue weighted by molar-refractivity contribution is 0.00284. The molecule has 3 rings (SSSR count). The van der Waals surface area contributed by atoms with Crippen molar-refractivity contribution in [2.45, 2.75) is 52.1 Å². The van der Waals surface area contributed by atoms with Crippen LogP contribution in [0.15, 0.2) is 28.7 Å². The van der Waals surface area contributed by atoms with E-state index in [1.807, 2.05) is 24.3 Å². The monoisotopic (exact) mass is 273 g/mol. The predicted molar refractivity (Wildman–Crippen MR) is 79.5 cm³/mol. The van der Waals surface area contributed by atoms with Gasteiger partial charge in [0.25, 0.3) is 0 Å². The highest BCUT2D eigenvalue weighted by atomic mass is 16.4. The minimum absolute atomic E-state index is 0.212. The van der Waals surface area contributed by atoms with Gasteiger partial charge in [-0.2, -0.15) is 0 Å². The summed E-state index contributed by atoms with van der Waals surface area (Å²) in [7, 11) is 0. The van der Waals surface area contributed by atoms with E-state index >= 15 is 0 Å². The van der Waals surface area contributed by atoms with Gasteiger partial charge in [-0.05, 0) is 36.3 Å². The molecule has 20 heavy (non-hydrogen) atoms. The van der Waals surface area contributed by atoms with Crippen molar-refractivity contribution < 1.29 is 9.52 Å². The van der Waals surface area contributed by atoms with Crippen LogP contribution in [0.2, 0.25) is 0 Å². The Bertz CT molecular complexity index is 554. The summed E-state index contributed by atoms with van der Waals surface area (Å²) in [5.74, 6) is 0.992. The van der Waals surface area contributed by atoms with Crippen molar-refractivity contribution >= 4 is 11.1 Å². The molecule has 0 saturated heterocycles. The summed E-state index contributed by atoms with van der Waals surface area (Å²) in [5, 5.41) is 10.6. The first-order valence-electron chi connectivity index (χ1n) is 7.59. The third-order valence-corrected chi connectivity index (χ3v) is 4.78. The van der Waals surface area contributed by atoms with Gasteiger partial charge in [0, 0.05) is 0 Å². The standard InChI is InChI=1S/C17H23NO2/c1-17(2)10-6-5-7-12(17)14(19)11-16-18-13-8-3-4-9-15(13)20-16/h3-4,8-9,12,14,19H,5-7,10-11H2,1-2H3. The predicted octanol–water partition coefficient (Wildman–Crippen LogP) is 3.95. The van der Waals surface area contributed by atoms with Crippen LogP contribution in [0.5, 0.6) is 0 Å². The van der Waals surface area contributed by atoms with Gasteiger partial charge in [0.05, 0.1) is 12.5 Å². The summed E-state index contributed by atoms with van der Waals surface area (Å²) in [6.45, 7) is 4.54. The van der Waals surface area contributed by atoms with Crippen molar-refractivity contribution in [3.05, 3.63) is 30.2 Å². The molecule has 1 heterocycles. The van der Waals surface area contributed by atoms with Crippen LogP contribution in [0.1, 0.15) is 45.4 Å². The minimum atomic E-state index is -0.363. The van der Waals surface area contributed by atoms with Gasteiger partial charge in [-0.25, -0.2) is 4.98 Å². The Kier molecular flexibility index (Phi) is 3.55. The maximum atomic E-state index is 10.6. The van der Waals surface area contributed by atoms with E-state index in [-0.39, 0.29) is 11.5 Å². The molecule has 0 aliphatic heterocycles. The number of benzene rings is 1. The number of fused-ring (bicyclic) bond motifs is 1. The van der Waals surface area contributed by atoms with Crippen molar-refractivity contribution in [2.75, 3.05) is 0 Å². The van der Waals surface area contributed by atoms with Crippen molar-refractivity contribution in [1.82, 2.24) is 4.98 Å². The highest BCUT2D eigenvalue weighted by Gasteiger charge is 2.37. The molecule has 0 spiro atoms. The first-order chi connectivity index (χ1) is 9.56. The summed E-state index contributed by atoms with van der Waals surface area (Å²) < 4.78 is 5.73. The molecule has 108 valence electrons. The third kappa shape index (κ3) is 2.59. The number of aliphatic hydroxyl groups is 1. The van der Waals surface area contributed by atoms with Gasteiger partial charge in [0.15, 0.2) is 11.5 Å². The smallest absolute Gasteiger partial charge is 0.198 e. The van der Waals surface area contributed by atoms with Crippen LogP contribution in [0.3, 0.4) is 0 Å². The fraction of sp³-hybridized carbons (Fsp3) is 0.588. The van der Waals surface area contributed by atoms with Crippen LogP contribution in [0, 0.1) is 11.3 Å². The SMILES string of the molecule is CC1(C)CCCCC1C(O)Cc1nc2ccccc2o1. The topological polar surface area (TPSA) is 46.3 Å². The summed E-state index contributed by atoms with van der Waals surface area (Å²) in [6.07, 6.45) is 4.95. The van der Waals surface area contributed by atoms with E-state index in [2.05, 4.69) is 18.8 Å². The molecule has 1 aromatic carbocycles. The maximum Gasteiger partial charge on any atom is 0.198 e. The van der Waals surface area contributed by atoms with Crippen molar-refractivity contribution in [3.63, 3.8) is 0 Å². The number of oxazole rings is 1. The largest absolute Gasteiger partial charge is 0.441 e. The van der Waals surface area contributed by atoms with E-state index in [0.717, 1.165) is 17.5 Å². The third-order valence-electron chi connectivity index (χ3n) is 4.78. The molecule has 2 atom stereocenters. The molecule has 3 nitrogen and oxygen atoms in total. The quantitative estimate of drug-likeness (QED) is 0.921. The summed E-state index contributed by atoms with van der Waals surface area (Å²) in [5.41, 5.74) is 1.89. The Hall–Kier alpha value is -1.35. The molecule has 2 unspecified atom stereocenters. The Morgan fingerprint density at radius 1 is 1.35 bits per heavy atom. The molecule has 1 aliphatic carbocycles. The first-order valence-corrected chi connectivity index (χ1v) is 7.59. The van der Waals surface area contributed by atoms with Crippen LogP contribution in [0.4, 0.5) is 0 Å². The van der Waals surface area contributed by atoms with E-state index in [9.17, 15) is 5.11 Å². The number of para-hydroxylation sites is 2. The number of rotatable bonds is 3. The van der Waals surface area contributed by atoms with Crippen LogP contribution < -0.4 is 0 Å². The second-order valence-electron chi connectivity index (χ2n) is 6.69. The average molecular weight is 273 g/mol. The number of aromatic nitrogens is 1. The molecular weight excluding hydrogens is 250 g/mol. The number of hydrogen-bond donors (Lipinski definition) is 1. The van der Waals surface area contributed by atoms with Gasteiger partial charge in [0.1, 0.15) is 5.52 Å². The van der Waals surface area contributed by atoms with Crippen LogP contribution in [-0.2, 0) is 6.42 Å². The van der Waals surface area contributed by atoms with Gasteiger partial charge < -0.3 is 9.52 Å². The van der Waals surface area contributed by atoms with E-state index in [1.165, 1.54) is 19.3 Å². The Labute approximate surface area is 120 Å². The Balaban J connectivity index is 1.76. The zero-order chi connectivity index (χ0) is 14.2. The normalized spacial score (nSPS) is 23.9. The zero-order valence-corrected chi connectivity index (χ0v) is 12.3. The molecule has 1 aliphatic rings. The van der Waals surface area contributed by atoms with Gasteiger partial charge >= 0.3 is 0 Å². The molecule has 1 N–H and O–H groups in total. The highest BCUT2D eigenvalue weighted by Crippen LogP contribution is 2.42. The molecule has 1 saturated carbocycles. The Morgan fingerprint density at radius 3 is 2.90 bits per heavy atom. The fourth-order valence-corrected chi connectivity index (χ4v) is 3.56. The van der Waals surface area contributed by atoms with E-state index in [0.29, 0.717) is 18.2 Å². The zero-order valence-electron chi connectivity index (χ0n) is 12.3. The Morgan fingerprint density at radius 2 is 2.15 bits per heavy atom. The average Bonchev–Trinajstić information content (AvgIpc) is 2.80. The van der Waals surface area contributed by atoms with E-state index < -0.39 is 0 Å². The lowest BCUT2D eigenvalue weighted by Gasteiger charge is -2.41. The summed E-state index contributed by atoms with van der Waals surface area (Å²) in [4.78, 5) is 4.47. The van der Waals surface area contributed by atoms with Gasteiger partial charge in [0.2, 0.25) is 0 Å². The van der Waals surface area contributed by atoms with Gasteiger partial charge in [-0.15, -0.1) is 0 Å². The van der Waals surface area contributed by atoms with Crippen LogP contribution in [-0.4, -0.2) is 16.2 Å². The molecule has 0 amide bonds. The lowest BCUT2D eigenvalue weighted by Crippen LogP contribution is -2.37. The second kappa shape index (κ2) is 5.21. The van der Waals surface area contributed by atoms with E-state index in [4.69, 9.17) is 4.42 Å². The van der Waals surface area contributed by atoms with Crippen LogP contribution in [0.25, 0.3) is 11.1 Å². The molecule has 3 heteroatoms. The molecule has 0 radical (unpaired) electrons. The number of nitrogens with zero attached hydrogens (tertiary/aromatic N) is 1. The van der Waals surface area contributed by atoms with E-state index in [1.54, 1.807) is 0 Å². The van der Waals surface area contributed by atoms with Crippen molar-refractivity contribution in [1.29, 1.82) is 0 Å². The maximum absolute atomic E-state index is 10.6. The van der Waals surface area contributed by atoms with Crippen molar-refractivity contribution in [2.24, 2.45) is 11.3 Å². The molecule has 1 aromatic heterocycles. The molecule has 2 aromatic rings. The first kappa shape index (κ1) is 13.6. The lowest BCUT2D eigenvalue weighted by atomic mass is 9.66. The molecular formula is C17H23NO2. The highest BCUT2D eigenvalue weighted by molar-refractivity contribution is 5.72. The summed E-state index contributed by atoms with van der Waals surface area (Å²) in [6, 6.07) is 7.76.